The zero-order chi connectivity index (χ0) is 22.1. The Morgan fingerprint density at radius 2 is 1.61 bits per heavy atom. The first-order valence-electron chi connectivity index (χ1n) is 10.4. The molecule has 0 fully saturated rings. The van der Waals surface area contributed by atoms with Crippen LogP contribution in [0.1, 0.15) is 56.1 Å². The first-order valence-corrected chi connectivity index (χ1v) is 10.4. The van der Waals surface area contributed by atoms with Gasteiger partial charge in [0.2, 0.25) is 5.91 Å². The average Bonchev–Trinajstić information content (AvgIpc) is 2.73. The smallest absolute Gasteiger partial charge is 0.269 e. The molecule has 0 saturated carbocycles. The second-order valence-corrected chi connectivity index (χ2v) is 8.31. The molecule has 2 aromatic rings. The van der Waals surface area contributed by atoms with Crippen molar-refractivity contribution in [2.75, 3.05) is 0 Å². The van der Waals surface area contributed by atoms with E-state index in [4.69, 9.17) is 4.74 Å². The predicted octanol–water partition coefficient (Wildman–Crippen LogP) is 4.39. The molecule has 4 rings (SSSR count). The van der Waals surface area contributed by atoms with Crippen LogP contribution in [0, 0.1) is 10.1 Å². The summed E-state index contributed by atoms with van der Waals surface area (Å²) in [7, 11) is 0. The standard InChI is InChI=1S/C24H24N2O5/c1-14(2)31-19-9-5-15(6-10-19)17-11-21-24(22(27)12-17)20(13-23(28)25-21)16-3-7-18(8-4-16)26(29)30/h3-10,14,17,20H,11-13H2,1-2H3,(H,25,28). The lowest BCUT2D eigenvalue weighted by Gasteiger charge is -2.34. The van der Waals surface area contributed by atoms with E-state index in [2.05, 4.69) is 5.32 Å². The van der Waals surface area contributed by atoms with E-state index in [9.17, 15) is 19.7 Å². The Bertz CT molecular complexity index is 1050. The lowest BCUT2D eigenvalue weighted by atomic mass is 9.73. The van der Waals surface area contributed by atoms with E-state index in [0.717, 1.165) is 16.9 Å². The number of ether oxygens (including phenoxy) is 1. The first-order chi connectivity index (χ1) is 14.8. The number of nitro benzene ring substituents is 1. The highest BCUT2D eigenvalue weighted by molar-refractivity contribution is 6.02. The molecule has 2 atom stereocenters. The van der Waals surface area contributed by atoms with Crippen molar-refractivity contribution in [1.29, 1.82) is 0 Å². The van der Waals surface area contributed by atoms with Crippen LogP contribution in [0.3, 0.4) is 0 Å². The molecular weight excluding hydrogens is 396 g/mol. The van der Waals surface area contributed by atoms with Gasteiger partial charge in [-0.2, -0.15) is 0 Å². The van der Waals surface area contributed by atoms with Crippen LogP contribution in [0.5, 0.6) is 5.75 Å². The molecule has 160 valence electrons. The van der Waals surface area contributed by atoms with Crippen molar-refractivity contribution in [3.63, 3.8) is 0 Å². The van der Waals surface area contributed by atoms with Gasteiger partial charge in [0.25, 0.3) is 5.69 Å². The molecule has 2 unspecified atom stereocenters. The number of allylic oxidation sites excluding steroid dienone is 2. The fourth-order valence-corrected chi connectivity index (χ4v) is 4.40. The number of rotatable bonds is 5. The first kappa shape index (κ1) is 20.8. The summed E-state index contributed by atoms with van der Waals surface area (Å²) in [6, 6.07) is 13.9. The largest absolute Gasteiger partial charge is 0.491 e. The zero-order valence-corrected chi connectivity index (χ0v) is 17.5. The van der Waals surface area contributed by atoms with Crippen molar-refractivity contribution in [3.05, 3.63) is 81.0 Å². The minimum absolute atomic E-state index is 0.0112. The Morgan fingerprint density at radius 3 is 2.23 bits per heavy atom. The van der Waals surface area contributed by atoms with Gasteiger partial charge >= 0.3 is 0 Å². The molecule has 2 aromatic carbocycles. The summed E-state index contributed by atoms with van der Waals surface area (Å²) < 4.78 is 5.69. The molecule has 0 radical (unpaired) electrons. The minimum Gasteiger partial charge on any atom is -0.491 e. The molecule has 1 aliphatic heterocycles. The van der Waals surface area contributed by atoms with E-state index >= 15 is 0 Å². The second-order valence-electron chi connectivity index (χ2n) is 8.31. The Morgan fingerprint density at radius 1 is 0.968 bits per heavy atom. The number of nitrogens with one attached hydrogen (secondary N) is 1. The van der Waals surface area contributed by atoms with E-state index in [-0.39, 0.29) is 41.7 Å². The maximum atomic E-state index is 13.1. The van der Waals surface area contributed by atoms with Gasteiger partial charge in [0, 0.05) is 42.2 Å². The summed E-state index contributed by atoms with van der Waals surface area (Å²) in [5.74, 6) is 0.258. The van der Waals surface area contributed by atoms with E-state index in [0.29, 0.717) is 24.1 Å². The summed E-state index contributed by atoms with van der Waals surface area (Å²) in [6.07, 6.45) is 1.18. The fraction of sp³-hybridized carbons (Fsp3) is 0.333. The van der Waals surface area contributed by atoms with Gasteiger partial charge in [0.05, 0.1) is 11.0 Å². The van der Waals surface area contributed by atoms with Gasteiger partial charge in [-0.15, -0.1) is 0 Å². The Balaban J connectivity index is 1.61. The molecular formula is C24H24N2O5. The molecule has 0 aromatic heterocycles. The molecule has 1 amide bonds. The molecule has 7 heteroatoms. The van der Waals surface area contributed by atoms with Gasteiger partial charge in [-0.25, -0.2) is 0 Å². The number of benzene rings is 2. The predicted molar refractivity (Wildman–Crippen MR) is 115 cm³/mol. The third kappa shape index (κ3) is 4.35. The second kappa shape index (κ2) is 8.34. The Labute approximate surface area is 180 Å². The number of hydrogen-bond acceptors (Lipinski definition) is 5. The number of ketones is 1. The molecule has 1 heterocycles. The quantitative estimate of drug-likeness (QED) is 0.571. The number of non-ortho nitro benzene ring substituents is 1. The highest BCUT2D eigenvalue weighted by Crippen LogP contribution is 2.42. The van der Waals surface area contributed by atoms with Crippen molar-refractivity contribution in [3.8, 4) is 5.75 Å². The van der Waals surface area contributed by atoms with Crippen LogP contribution in [0.15, 0.2) is 59.8 Å². The average molecular weight is 420 g/mol. The number of nitrogens with zero attached hydrogens (tertiary/aromatic N) is 1. The lowest BCUT2D eigenvalue weighted by Crippen LogP contribution is -2.38. The van der Waals surface area contributed by atoms with Crippen molar-refractivity contribution in [2.45, 2.75) is 51.0 Å². The summed E-state index contributed by atoms with van der Waals surface area (Å²) in [4.78, 5) is 36.0. The van der Waals surface area contributed by atoms with Crippen molar-refractivity contribution in [1.82, 2.24) is 5.32 Å². The van der Waals surface area contributed by atoms with Gasteiger partial charge in [0.1, 0.15) is 5.75 Å². The normalized spacial score (nSPS) is 21.0. The van der Waals surface area contributed by atoms with Crippen LogP contribution in [0.2, 0.25) is 0 Å². The van der Waals surface area contributed by atoms with Crippen LogP contribution in [-0.2, 0) is 9.59 Å². The lowest BCUT2D eigenvalue weighted by molar-refractivity contribution is -0.384. The third-order valence-electron chi connectivity index (χ3n) is 5.77. The zero-order valence-electron chi connectivity index (χ0n) is 17.5. The fourth-order valence-electron chi connectivity index (χ4n) is 4.40. The van der Waals surface area contributed by atoms with Gasteiger partial charge in [0.15, 0.2) is 5.78 Å². The number of carbonyl (C=O) groups is 2. The van der Waals surface area contributed by atoms with E-state index in [1.54, 1.807) is 12.1 Å². The minimum atomic E-state index is -0.462. The summed E-state index contributed by atoms with van der Waals surface area (Å²) >= 11 is 0. The van der Waals surface area contributed by atoms with Gasteiger partial charge in [-0.05, 0) is 49.4 Å². The highest BCUT2D eigenvalue weighted by Gasteiger charge is 2.38. The van der Waals surface area contributed by atoms with Crippen molar-refractivity contribution in [2.24, 2.45) is 0 Å². The molecule has 31 heavy (non-hydrogen) atoms. The van der Waals surface area contributed by atoms with Gasteiger partial charge in [-0.3, -0.25) is 19.7 Å². The van der Waals surface area contributed by atoms with Crippen LogP contribution in [0.4, 0.5) is 5.69 Å². The van der Waals surface area contributed by atoms with Crippen molar-refractivity contribution >= 4 is 17.4 Å². The maximum Gasteiger partial charge on any atom is 0.269 e. The number of nitro groups is 1. The monoisotopic (exact) mass is 420 g/mol. The molecule has 1 N–H and O–H groups in total. The van der Waals surface area contributed by atoms with Crippen LogP contribution in [0.25, 0.3) is 0 Å². The Hall–Kier alpha value is -3.48. The van der Waals surface area contributed by atoms with E-state index in [1.165, 1.54) is 12.1 Å². The number of carbonyl (C=O) groups excluding carboxylic acids is 2. The maximum absolute atomic E-state index is 13.1. The molecule has 0 spiro atoms. The molecule has 0 saturated heterocycles. The van der Waals surface area contributed by atoms with Crippen LogP contribution in [-0.4, -0.2) is 22.7 Å². The van der Waals surface area contributed by atoms with Crippen LogP contribution >= 0.6 is 0 Å². The number of hydrogen-bond donors (Lipinski definition) is 1. The SMILES string of the molecule is CC(C)Oc1ccc(C2CC(=O)C3=C(C2)NC(=O)CC3c2ccc([N+](=O)[O-])cc2)cc1. The molecule has 2 aliphatic rings. The summed E-state index contributed by atoms with van der Waals surface area (Å²) in [5, 5.41) is 13.8. The molecule has 0 bridgehead atoms. The van der Waals surface area contributed by atoms with E-state index < -0.39 is 4.92 Å². The molecule has 7 nitrogen and oxygen atoms in total. The Kier molecular flexibility index (Phi) is 5.59. The molecule has 1 aliphatic carbocycles. The highest BCUT2D eigenvalue weighted by atomic mass is 16.6. The van der Waals surface area contributed by atoms with Crippen LogP contribution < -0.4 is 10.1 Å². The number of Topliss-reactive ketones (excluding diaryl/α,β-unsaturated/α-hetero) is 1. The summed E-state index contributed by atoms with van der Waals surface area (Å²) in [6.45, 7) is 3.93. The van der Waals surface area contributed by atoms with E-state index in [1.807, 2.05) is 38.1 Å². The van der Waals surface area contributed by atoms with Gasteiger partial charge < -0.3 is 10.1 Å². The third-order valence-corrected chi connectivity index (χ3v) is 5.77. The topological polar surface area (TPSA) is 98.5 Å². The number of amides is 1. The summed E-state index contributed by atoms with van der Waals surface area (Å²) in [5.41, 5.74) is 3.06. The van der Waals surface area contributed by atoms with Gasteiger partial charge in [-0.1, -0.05) is 24.3 Å². The van der Waals surface area contributed by atoms with Crippen molar-refractivity contribution < 1.29 is 19.2 Å².